The molecule has 0 radical (unpaired) electrons. The van der Waals surface area contributed by atoms with Gasteiger partial charge in [-0.15, -0.1) is 0 Å². The number of halogens is 1. The molecule has 0 aliphatic rings. The third-order valence-electron chi connectivity index (χ3n) is 3.10. The fraction of sp³-hybridized carbons (Fsp3) is 0.0667. The molecular weight excluding hydrogens is 320 g/mol. The molecule has 0 bridgehead atoms. The quantitative estimate of drug-likeness (QED) is 0.544. The second-order valence-electron chi connectivity index (χ2n) is 4.24. The van der Waals surface area contributed by atoms with E-state index in [1.165, 1.54) is 0 Å². The van der Waals surface area contributed by atoms with Gasteiger partial charge in [-0.25, -0.2) is 4.98 Å². The molecule has 0 amide bonds. The third kappa shape index (κ3) is 2.00. The lowest BCUT2D eigenvalue weighted by molar-refractivity contribution is 0.112. The van der Waals surface area contributed by atoms with Crippen LogP contribution in [0.4, 0.5) is 0 Å². The Morgan fingerprint density at radius 1 is 1.20 bits per heavy atom. The number of benzene rings is 1. The van der Waals surface area contributed by atoms with Crippen LogP contribution in [-0.4, -0.2) is 22.8 Å². The van der Waals surface area contributed by atoms with Crippen LogP contribution < -0.4 is 4.74 Å². The average molecular weight is 331 g/mol. The number of hydrogen-bond donors (Lipinski definition) is 0. The molecule has 5 heteroatoms. The van der Waals surface area contributed by atoms with Crippen LogP contribution in [-0.2, 0) is 0 Å². The predicted octanol–water partition coefficient (Wildman–Crippen LogP) is 3.58. The molecular formula is C15H11BrN2O2. The summed E-state index contributed by atoms with van der Waals surface area (Å²) in [4.78, 5) is 15.6. The summed E-state index contributed by atoms with van der Waals surface area (Å²) >= 11 is 3.50. The SMILES string of the molecule is COc1ccc(-c2nc(C=O)c3cccc(Br)n23)cc1. The number of aldehydes is 1. The van der Waals surface area contributed by atoms with E-state index >= 15 is 0 Å². The van der Waals surface area contributed by atoms with Crippen molar-refractivity contribution in [2.75, 3.05) is 7.11 Å². The van der Waals surface area contributed by atoms with Crippen molar-refractivity contribution in [3.05, 3.63) is 52.8 Å². The highest BCUT2D eigenvalue weighted by Gasteiger charge is 2.13. The Hall–Kier alpha value is -2.14. The Kier molecular flexibility index (Phi) is 3.28. The first-order valence-corrected chi connectivity index (χ1v) is 6.80. The lowest BCUT2D eigenvalue weighted by atomic mass is 10.2. The molecule has 3 aromatic rings. The molecule has 2 aromatic heterocycles. The van der Waals surface area contributed by atoms with Gasteiger partial charge in [0.2, 0.25) is 0 Å². The maximum absolute atomic E-state index is 11.2. The van der Waals surface area contributed by atoms with Crippen molar-refractivity contribution < 1.29 is 9.53 Å². The molecule has 0 fully saturated rings. The monoisotopic (exact) mass is 330 g/mol. The minimum atomic E-state index is 0.428. The molecule has 2 heterocycles. The number of methoxy groups -OCH3 is 1. The summed E-state index contributed by atoms with van der Waals surface area (Å²) in [5.74, 6) is 1.50. The largest absolute Gasteiger partial charge is 0.497 e. The summed E-state index contributed by atoms with van der Waals surface area (Å²) in [6.07, 6.45) is 0.773. The van der Waals surface area contributed by atoms with Gasteiger partial charge in [0.25, 0.3) is 0 Å². The van der Waals surface area contributed by atoms with Gasteiger partial charge in [0.05, 0.1) is 17.2 Å². The summed E-state index contributed by atoms with van der Waals surface area (Å²) in [6, 6.07) is 13.2. The number of carbonyl (C=O) groups excluding carboxylic acids is 1. The molecule has 0 atom stereocenters. The molecule has 0 N–H and O–H groups in total. The van der Waals surface area contributed by atoms with Crippen LogP contribution in [0.3, 0.4) is 0 Å². The number of fused-ring (bicyclic) bond motifs is 1. The molecule has 0 spiro atoms. The van der Waals surface area contributed by atoms with Gasteiger partial charge in [-0.05, 0) is 52.3 Å². The number of aromatic nitrogens is 2. The normalized spacial score (nSPS) is 10.7. The first-order chi connectivity index (χ1) is 9.74. The molecule has 3 rings (SSSR count). The van der Waals surface area contributed by atoms with Gasteiger partial charge in [0.1, 0.15) is 17.3 Å². The zero-order valence-corrected chi connectivity index (χ0v) is 12.3. The second-order valence-corrected chi connectivity index (χ2v) is 5.05. The Morgan fingerprint density at radius 2 is 1.95 bits per heavy atom. The third-order valence-corrected chi connectivity index (χ3v) is 3.72. The van der Waals surface area contributed by atoms with Crippen LogP contribution in [0, 0.1) is 0 Å². The summed E-state index contributed by atoms with van der Waals surface area (Å²) in [7, 11) is 1.63. The van der Waals surface area contributed by atoms with E-state index in [1.54, 1.807) is 7.11 Å². The molecule has 1 aromatic carbocycles. The van der Waals surface area contributed by atoms with Crippen molar-refractivity contribution in [1.82, 2.24) is 9.38 Å². The summed E-state index contributed by atoms with van der Waals surface area (Å²) in [5, 5.41) is 0. The van der Waals surface area contributed by atoms with Gasteiger partial charge in [0, 0.05) is 5.56 Å². The molecule has 0 saturated carbocycles. The smallest absolute Gasteiger partial charge is 0.170 e. The fourth-order valence-corrected chi connectivity index (χ4v) is 2.65. The van der Waals surface area contributed by atoms with Crippen molar-refractivity contribution in [3.63, 3.8) is 0 Å². The van der Waals surface area contributed by atoms with E-state index in [0.717, 1.165) is 33.5 Å². The highest BCUT2D eigenvalue weighted by atomic mass is 79.9. The van der Waals surface area contributed by atoms with Crippen LogP contribution in [0.5, 0.6) is 5.75 Å². The molecule has 0 unspecified atom stereocenters. The van der Waals surface area contributed by atoms with Gasteiger partial charge in [-0.3, -0.25) is 9.20 Å². The highest BCUT2D eigenvalue weighted by molar-refractivity contribution is 9.10. The van der Waals surface area contributed by atoms with Crippen molar-refractivity contribution >= 4 is 27.7 Å². The number of hydrogen-bond acceptors (Lipinski definition) is 3. The van der Waals surface area contributed by atoms with Crippen molar-refractivity contribution in [1.29, 1.82) is 0 Å². The number of nitrogens with zero attached hydrogens (tertiary/aromatic N) is 2. The van der Waals surface area contributed by atoms with Crippen LogP contribution in [0.15, 0.2) is 47.1 Å². The van der Waals surface area contributed by atoms with Crippen LogP contribution in [0.2, 0.25) is 0 Å². The van der Waals surface area contributed by atoms with E-state index < -0.39 is 0 Å². The van der Waals surface area contributed by atoms with Gasteiger partial charge in [-0.2, -0.15) is 0 Å². The van der Waals surface area contributed by atoms with Crippen molar-refractivity contribution in [2.45, 2.75) is 0 Å². The molecule has 0 saturated heterocycles. The average Bonchev–Trinajstić information content (AvgIpc) is 2.87. The van der Waals surface area contributed by atoms with Gasteiger partial charge < -0.3 is 4.74 Å². The molecule has 0 aliphatic heterocycles. The second kappa shape index (κ2) is 5.09. The first-order valence-electron chi connectivity index (χ1n) is 6.01. The number of ether oxygens (including phenoxy) is 1. The lowest BCUT2D eigenvalue weighted by Crippen LogP contribution is -1.91. The molecule has 0 aliphatic carbocycles. The van der Waals surface area contributed by atoms with Crippen molar-refractivity contribution in [2.24, 2.45) is 0 Å². The number of carbonyl (C=O) groups is 1. The van der Waals surface area contributed by atoms with Gasteiger partial charge >= 0.3 is 0 Å². The van der Waals surface area contributed by atoms with E-state index in [4.69, 9.17) is 4.74 Å². The highest BCUT2D eigenvalue weighted by Crippen LogP contribution is 2.27. The lowest BCUT2D eigenvalue weighted by Gasteiger charge is -2.05. The van der Waals surface area contributed by atoms with Crippen LogP contribution in [0.25, 0.3) is 16.9 Å². The molecule has 100 valence electrons. The number of pyridine rings is 1. The Morgan fingerprint density at radius 3 is 2.60 bits per heavy atom. The van der Waals surface area contributed by atoms with E-state index in [1.807, 2.05) is 46.9 Å². The van der Waals surface area contributed by atoms with Crippen LogP contribution in [0.1, 0.15) is 10.5 Å². The molecule has 20 heavy (non-hydrogen) atoms. The standard InChI is InChI=1S/C15H11BrN2O2/c1-20-11-7-5-10(6-8-11)15-17-12(9-19)13-3-2-4-14(16)18(13)15/h2-9H,1H3. The van der Waals surface area contributed by atoms with E-state index in [2.05, 4.69) is 20.9 Å². The fourth-order valence-electron chi connectivity index (χ4n) is 2.14. The minimum Gasteiger partial charge on any atom is -0.497 e. The number of imidazole rings is 1. The maximum Gasteiger partial charge on any atom is 0.170 e. The van der Waals surface area contributed by atoms with E-state index in [0.29, 0.717) is 5.69 Å². The Labute approximate surface area is 124 Å². The Bertz CT molecular complexity index is 778. The van der Waals surface area contributed by atoms with Gasteiger partial charge in [0.15, 0.2) is 6.29 Å². The van der Waals surface area contributed by atoms with Gasteiger partial charge in [-0.1, -0.05) is 6.07 Å². The summed E-state index contributed by atoms with van der Waals surface area (Å²) < 4.78 is 7.91. The topological polar surface area (TPSA) is 43.6 Å². The Balaban J connectivity index is 2.27. The first kappa shape index (κ1) is 12.9. The number of rotatable bonds is 3. The van der Waals surface area contributed by atoms with E-state index in [9.17, 15) is 4.79 Å². The zero-order valence-electron chi connectivity index (χ0n) is 10.7. The zero-order chi connectivity index (χ0) is 14.1. The molecule has 4 nitrogen and oxygen atoms in total. The van der Waals surface area contributed by atoms with Crippen LogP contribution >= 0.6 is 15.9 Å². The van der Waals surface area contributed by atoms with Crippen molar-refractivity contribution in [3.8, 4) is 17.1 Å². The summed E-state index contributed by atoms with van der Waals surface area (Å²) in [6.45, 7) is 0. The van der Waals surface area contributed by atoms with E-state index in [-0.39, 0.29) is 0 Å². The summed E-state index contributed by atoms with van der Waals surface area (Å²) in [5.41, 5.74) is 2.12. The maximum atomic E-state index is 11.2. The predicted molar refractivity (Wildman–Crippen MR) is 80.3 cm³/mol. The minimum absolute atomic E-state index is 0.428.